The van der Waals surface area contributed by atoms with Gasteiger partial charge in [0.25, 0.3) is 11.5 Å². The number of amides is 1. The molecule has 1 amide bonds. The molecule has 0 radical (unpaired) electrons. The second-order valence-corrected chi connectivity index (χ2v) is 5.72. The highest BCUT2D eigenvalue weighted by Crippen LogP contribution is 2.12. The van der Waals surface area contributed by atoms with Gasteiger partial charge in [-0.2, -0.15) is 4.98 Å². The summed E-state index contributed by atoms with van der Waals surface area (Å²) in [6.45, 7) is 4.47. The van der Waals surface area contributed by atoms with Gasteiger partial charge in [0.2, 0.25) is 5.88 Å². The van der Waals surface area contributed by atoms with E-state index in [2.05, 4.69) is 17.2 Å². The maximum atomic E-state index is 12.4. The number of hydrogen-bond donors (Lipinski definition) is 2. The second-order valence-electron chi connectivity index (χ2n) is 5.72. The third-order valence-electron chi connectivity index (χ3n) is 3.74. The number of aryl methyl sites for hydroxylation is 1. The fraction of sp³-hybridized carbons (Fsp3) is 0.471. The predicted molar refractivity (Wildman–Crippen MR) is 89.0 cm³/mol. The van der Waals surface area contributed by atoms with Gasteiger partial charge < -0.3 is 10.4 Å². The molecule has 0 aliphatic rings. The zero-order valence-corrected chi connectivity index (χ0v) is 13.6. The Morgan fingerprint density at radius 2 is 2.00 bits per heavy atom. The fourth-order valence-electron chi connectivity index (χ4n) is 2.45. The summed E-state index contributed by atoms with van der Waals surface area (Å²) in [5, 5.41) is 12.6. The number of carbonyl (C=O) groups excluding carboxylic acids is 1. The van der Waals surface area contributed by atoms with E-state index < -0.39 is 17.3 Å². The average Bonchev–Trinajstić information content (AvgIpc) is 2.51. The number of aromatic hydroxyl groups is 1. The Hall–Kier alpha value is -2.37. The molecule has 2 N–H and O–H groups in total. The van der Waals surface area contributed by atoms with Crippen molar-refractivity contribution in [3.05, 3.63) is 39.8 Å². The molecule has 0 fully saturated rings. The number of carbonyl (C=O) groups is 1. The van der Waals surface area contributed by atoms with Gasteiger partial charge >= 0.3 is 0 Å². The Labute approximate surface area is 135 Å². The molecule has 0 atom stereocenters. The zero-order valence-electron chi connectivity index (χ0n) is 13.6. The van der Waals surface area contributed by atoms with Crippen LogP contribution in [0.25, 0.3) is 5.65 Å². The summed E-state index contributed by atoms with van der Waals surface area (Å²) in [7, 11) is 0. The van der Waals surface area contributed by atoms with Crippen LogP contribution in [0.4, 0.5) is 0 Å². The van der Waals surface area contributed by atoms with E-state index in [1.54, 1.807) is 18.3 Å². The van der Waals surface area contributed by atoms with Crippen molar-refractivity contribution in [1.29, 1.82) is 0 Å². The molecule has 2 rings (SSSR count). The number of aromatic nitrogens is 2. The van der Waals surface area contributed by atoms with Crippen LogP contribution >= 0.6 is 0 Å². The van der Waals surface area contributed by atoms with Gasteiger partial charge in [0.15, 0.2) is 5.56 Å². The lowest BCUT2D eigenvalue weighted by atomic mass is 10.1. The molecule has 0 spiro atoms. The average molecular weight is 317 g/mol. The minimum absolute atomic E-state index is 0.304. The number of rotatable bonds is 7. The molecular weight excluding hydrogens is 294 g/mol. The van der Waals surface area contributed by atoms with Crippen molar-refractivity contribution in [2.45, 2.75) is 46.0 Å². The van der Waals surface area contributed by atoms with Crippen LogP contribution in [0.2, 0.25) is 0 Å². The molecule has 0 unspecified atom stereocenters. The van der Waals surface area contributed by atoms with Gasteiger partial charge in [0, 0.05) is 12.7 Å². The zero-order chi connectivity index (χ0) is 16.8. The van der Waals surface area contributed by atoms with Gasteiger partial charge in [-0.3, -0.25) is 14.0 Å². The molecule has 0 aliphatic carbocycles. The normalized spacial score (nSPS) is 10.9. The van der Waals surface area contributed by atoms with Crippen LogP contribution in [0.15, 0.2) is 23.1 Å². The van der Waals surface area contributed by atoms with Crippen LogP contribution in [-0.4, -0.2) is 26.9 Å². The molecule has 2 heterocycles. The van der Waals surface area contributed by atoms with E-state index in [0.29, 0.717) is 12.2 Å². The molecule has 2 aromatic heterocycles. The molecule has 2 aromatic rings. The summed E-state index contributed by atoms with van der Waals surface area (Å²) >= 11 is 0. The van der Waals surface area contributed by atoms with Gasteiger partial charge in [-0.05, 0) is 25.0 Å². The first-order valence-electron chi connectivity index (χ1n) is 8.04. The van der Waals surface area contributed by atoms with E-state index >= 15 is 0 Å². The summed E-state index contributed by atoms with van der Waals surface area (Å²) in [5.74, 6) is -1.10. The van der Waals surface area contributed by atoms with Gasteiger partial charge in [-0.15, -0.1) is 0 Å². The molecule has 0 saturated heterocycles. The van der Waals surface area contributed by atoms with E-state index in [1.165, 1.54) is 17.2 Å². The second kappa shape index (κ2) is 7.76. The molecule has 0 aliphatic heterocycles. The first-order chi connectivity index (χ1) is 11.0. The topological polar surface area (TPSA) is 83.7 Å². The summed E-state index contributed by atoms with van der Waals surface area (Å²) < 4.78 is 1.28. The van der Waals surface area contributed by atoms with Crippen molar-refractivity contribution in [3.8, 4) is 5.88 Å². The third-order valence-corrected chi connectivity index (χ3v) is 3.74. The van der Waals surface area contributed by atoms with Crippen LogP contribution in [0, 0.1) is 6.92 Å². The maximum Gasteiger partial charge on any atom is 0.274 e. The Morgan fingerprint density at radius 1 is 1.26 bits per heavy atom. The highest BCUT2D eigenvalue weighted by atomic mass is 16.3. The van der Waals surface area contributed by atoms with Gasteiger partial charge in [0.1, 0.15) is 5.65 Å². The van der Waals surface area contributed by atoms with Gasteiger partial charge in [-0.25, -0.2) is 0 Å². The largest absolute Gasteiger partial charge is 0.493 e. The quantitative estimate of drug-likeness (QED) is 0.768. The van der Waals surface area contributed by atoms with Crippen molar-refractivity contribution < 1.29 is 9.90 Å². The first kappa shape index (κ1) is 17.0. The monoisotopic (exact) mass is 317 g/mol. The first-order valence-corrected chi connectivity index (χ1v) is 8.04. The minimum Gasteiger partial charge on any atom is -0.493 e. The number of fused-ring (bicyclic) bond motifs is 1. The lowest BCUT2D eigenvalue weighted by Crippen LogP contribution is -2.32. The predicted octanol–water partition coefficient (Wildman–Crippen LogP) is 2.41. The summed E-state index contributed by atoms with van der Waals surface area (Å²) in [5.41, 5.74) is 0.324. The van der Waals surface area contributed by atoms with Crippen LogP contribution in [0.3, 0.4) is 0 Å². The number of pyridine rings is 1. The highest BCUT2D eigenvalue weighted by Gasteiger charge is 2.19. The summed E-state index contributed by atoms with van der Waals surface area (Å²) in [6, 6.07) is 3.42. The number of nitrogens with zero attached hydrogens (tertiary/aromatic N) is 2. The van der Waals surface area contributed by atoms with Crippen LogP contribution in [0.1, 0.15) is 54.9 Å². The van der Waals surface area contributed by atoms with Crippen molar-refractivity contribution in [2.24, 2.45) is 0 Å². The van der Waals surface area contributed by atoms with E-state index in [-0.39, 0.29) is 5.56 Å². The molecule has 0 saturated carbocycles. The Bertz CT molecular complexity index is 753. The van der Waals surface area contributed by atoms with Crippen LogP contribution < -0.4 is 10.9 Å². The van der Waals surface area contributed by atoms with E-state index in [1.807, 2.05) is 6.92 Å². The molecule has 124 valence electrons. The van der Waals surface area contributed by atoms with Crippen LogP contribution in [0.5, 0.6) is 5.88 Å². The third kappa shape index (κ3) is 4.09. The van der Waals surface area contributed by atoms with Crippen molar-refractivity contribution in [1.82, 2.24) is 14.7 Å². The standard InChI is InChI=1S/C17H23N3O3/c1-3-4-5-6-7-10-18-15(21)14-16(22)19-13-9-8-12(2)11-20(13)17(14)23/h8-9,11,22H,3-7,10H2,1-2H3,(H,18,21). The molecule has 0 bridgehead atoms. The van der Waals surface area contributed by atoms with Crippen molar-refractivity contribution in [3.63, 3.8) is 0 Å². The lowest BCUT2D eigenvalue weighted by molar-refractivity contribution is 0.0947. The molecule has 6 heteroatoms. The van der Waals surface area contributed by atoms with Crippen LogP contribution in [-0.2, 0) is 0 Å². The van der Waals surface area contributed by atoms with Crippen molar-refractivity contribution >= 4 is 11.6 Å². The summed E-state index contributed by atoms with van der Waals surface area (Å²) in [4.78, 5) is 28.5. The maximum absolute atomic E-state index is 12.4. The number of nitrogens with one attached hydrogen (secondary N) is 1. The lowest BCUT2D eigenvalue weighted by Gasteiger charge is -2.08. The van der Waals surface area contributed by atoms with Crippen molar-refractivity contribution in [2.75, 3.05) is 6.54 Å². The molecule has 0 aromatic carbocycles. The Kier molecular flexibility index (Phi) is 5.73. The van der Waals surface area contributed by atoms with E-state index in [4.69, 9.17) is 0 Å². The van der Waals surface area contributed by atoms with E-state index in [9.17, 15) is 14.7 Å². The SMILES string of the molecule is CCCCCCCNC(=O)c1c(O)nc2ccc(C)cn2c1=O. The van der Waals surface area contributed by atoms with E-state index in [0.717, 1.165) is 24.8 Å². The Morgan fingerprint density at radius 3 is 2.74 bits per heavy atom. The van der Waals surface area contributed by atoms with Gasteiger partial charge in [-0.1, -0.05) is 38.7 Å². The van der Waals surface area contributed by atoms with Gasteiger partial charge in [0.05, 0.1) is 0 Å². The fourth-order valence-corrected chi connectivity index (χ4v) is 2.45. The number of unbranched alkanes of at least 4 members (excludes halogenated alkanes) is 4. The number of hydrogen-bond acceptors (Lipinski definition) is 4. The summed E-state index contributed by atoms with van der Waals surface area (Å²) in [6.07, 6.45) is 6.98. The smallest absolute Gasteiger partial charge is 0.274 e. The molecular formula is C17H23N3O3. The molecule has 6 nitrogen and oxygen atoms in total. The highest BCUT2D eigenvalue weighted by molar-refractivity contribution is 5.96. The Balaban J connectivity index is 2.12. The molecule has 23 heavy (non-hydrogen) atoms. The minimum atomic E-state index is -0.577.